The van der Waals surface area contributed by atoms with E-state index in [1.807, 2.05) is 31.2 Å². The monoisotopic (exact) mass is 246 g/mol. The van der Waals surface area contributed by atoms with Crippen LogP contribution in [0.5, 0.6) is 0 Å². The molecule has 2 rings (SSSR count). The molecule has 0 fully saturated rings. The number of benzene rings is 1. The average Bonchev–Trinajstić information content (AvgIpc) is 2.38. The van der Waals surface area contributed by atoms with Gasteiger partial charge in [0.1, 0.15) is 0 Å². The highest BCUT2D eigenvalue weighted by Gasteiger charge is 2.02. The number of hydrogen-bond acceptors (Lipinski definition) is 4. The molecule has 0 radical (unpaired) electrons. The van der Waals surface area contributed by atoms with Gasteiger partial charge in [0.25, 0.3) is 0 Å². The summed E-state index contributed by atoms with van der Waals surface area (Å²) in [6.07, 6.45) is 4.81. The summed E-state index contributed by atoms with van der Waals surface area (Å²) < 4.78 is 0. The van der Waals surface area contributed by atoms with Crippen LogP contribution in [0.1, 0.15) is 12.5 Å². The summed E-state index contributed by atoms with van der Waals surface area (Å²) in [4.78, 5) is 7.99. The third-order valence-electron chi connectivity index (χ3n) is 2.16. The molecule has 1 aromatic heterocycles. The molecular weight excluding hydrogens is 236 g/mol. The van der Waals surface area contributed by atoms with Gasteiger partial charge in [-0.15, -0.1) is 0 Å². The largest absolute Gasteiger partial charge is 0.260 e. The Hall–Kier alpha value is -1.94. The fourth-order valence-electron chi connectivity index (χ4n) is 1.31. The molecular formula is C12H11ClN4. The molecule has 17 heavy (non-hydrogen) atoms. The molecule has 0 spiro atoms. The average molecular weight is 247 g/mol. The molecule has 0 aliphatic rings. The van der Waals surface area contributed by atoms with E-state index in [9.17, 15) is 0 Å². The van der Waals surface area contributed by atoms with E-state index in [-0.39, 0.29) is 0 Å². The first-order valence-corrected chi connectivity index (χ1v) is 5.46. The number of rotatable bonds is 3. The van der Waals surface area contributed by atoms with Gasteiger partial charge in [-0.3, -0.25) is 10.4 Å². The number of nitrogens with one attached hydrogen (secondary N) is 1. The molecule has 1 aromatic carbocycles. The number of anilines is 1. The van der Waals surface area contributed by atoms with Gasteiger partial charge in [0.05, 0.1) is 11.9 Å². The van der Waals surface area contributed by atoms with Gasteiger partial charge < -0.3 is 0 Å². The van der Waals surface area contributed by atoms with Crippen molar-refractivity contribution in [1.29, 1.82) is 0 Å². The lowest BCUT2D eigenvalue weighted by molar-refractivity contribution is 1.15. The topological polar surface area (TPSA) is 50.2 Å². The molecule has 0 amide bonds. The molecule has 0 aliphatic carbocycles. The van der Waals surface area contributed by atoms with Gasteiger partial charge in [-0.1, -0.05) is 29.8 Å². The van der Waals surface area contributed by atoms with Crippen LogP contribution in [-0.2, 0) is 0 Å². The van der Waals surface area contributed by atoms with Crippen molar-refractivity contribution < 1.29 is 0 Å². The molecule has 0 atom stereocenters. The molecule has 0 unspecified atom stereocenters. The van der Waals surface area contributed by atoms with Crippen LogP contribution in [0, 0.1) is 0 Å². The second-order valence-corrected chi connectivity index (χ2v) is 3.79. The Labute approximate surface area is 104 Å². The van der Waals surface area contributed by atoms with Crippen molar-refractivity contribution in [3.63, 3.8) is 0 Å². The van der Waals surface area contributed by atoms with E-state index in [1.165, 1.54) is 0 Å². The molecule has 86 valence electrons. The third kappa shape index (κ3) is 3.01. The summed E-state index contributed by atoms with van der Waals surface area (Å²) in [5.74, 6) is 0.596. The molecule has 1 N–H and O–H groups in total. The fraction of sp³-hybridized carbons (Fsp3) is 0.0833. The van der Waals surface area contributed by atoms with Gasteiger partial charge in [0, 0.05) is 23.0 Å². The highest BCUT2D eigenvalue weighted by Crippen LogP contribution is 2.15. The van der Waals surface area contributed by atoms with Crippen molar-refractivity contribution in [2.24, 2.45) is 5.10 Å². The first kappa shape index (κ1) is 11.5. The van der Waals surface area contributed by atoms with Gasteiger partial charge in [0.15, 0.2) is 5.82 Å². The van der Waals surface area contributed by atoms with Crippen molar-refractivity contribution in [2.45, 2.75) is 6.92 Å². The van der Waals surface area contributed by atoms with E-state index in [2.05, 4.69) is 20.5 Å². The maximum absolute atomic E-state index is 6.06. The molecule has 0 saturated heterocycles. The van der Waals surface area contributed by atoms with E-state index in [0.29, 0.717) is 10.8 Å². The molecule has 0 saturated carbocycles. The van der Waals surface area contributed by atoms with Gasteiger partial charge in [-0.2, -0.15) is 5.10 Å². The molecule has 5 heteroatoms. The van der Waals surface area contributed by atoms with Gasteiger partial charge >= 0.3 is 0 Å². The maximum Gasteiger partial charge on any atom is 0.164 e. The zero-order valence-electron chi connectivity index (χ0n) is 9.26. The number of hydrogen-bond donors (Lipinski definition) is 1. The lowest BCUT2D eigenvalue weighted by atomic mass is 10.1. The summed E-state index contributed by atoms with van der Waals surface area (Å²) in [6, 6.07) is 7.55. The van der Waals surface area contributed by atoms with Crippen LogP contribution in [0.15, 0.2) is 48.0 Å². The summed E-state index contributed by atoms with van der Waals surface area (Å²) in [6.45, 7) is 1.88. The Bertz CT molecular complexity index is 525. The first-order valence-electron chi connectivity index (χ1n) is 5.08. The SMILES string of the molecule is C/C(=N/Nc1cnccn1)c1ccccc1Cl. The van der Waals surface area contributed by atoms with Crippen LogP contribution in [0.3, 0.4) is 0 Å². The van der Waals surface area contributed by atoms with Gasteiger partial charge in [-0.25, -0.2) is 4.98 Å². The number of nitrogens with zero attached hydrogens (tertiary/aromatic N) is 3. The second-order valence-electron chi connectivity index (χ2n) is 3.38. The normalized spacial score (nSPS) is 11.3. The summed E-state index contributed by atoms with van der Waals surface area (Å²) in [7, 11) is 0. The van der Waals surface area contributed by atoms with E-state index in [4.69, 9.17) is 11.6 Å². The van der Waals surface area contributed by atoms with Crippen molar-refractivity contribution in [1.82, 2.24) is 9.97 Å². The number of hydrazone groups is 1. The summed E-state index contributed by atoms with van der Waals surface area (Å²) in [5, 5.41) is 4.88. The van der Waals surface area contributed by atoms with E-state index in [0.717, 1.165) is 11.3 Å². The van der Waals surface area contributed by atoms with Crippen LogP contribution in [0.4, 0.5) is 5.82 Å². The van der Waals surface area contributed by atoms with Gasteiger partial charge in [0.2, 0.25) is 0 Å². The van der Waals surface area contributed by atoms with Crippen LogP contribution < -0.4 is 5.43 Å². The molecule has 4 nitrogen and oxygen atoms in total. The molecule has 1 heterocycles. The smallest absolute Gasteiger partial charge is 0.164 e. The second kappa shape index (κ2) is 5.41. The molecule has 2 aromatic rings. The van der Waals surface area contributed by atoms with Crippen molar-refractivity contribution in [2.75, 3.05) is 5.43 Å². The quantitative estimate of drug-likeness (QED) is 0.669. The Morgan fingerprint density at radius 1 is 1.29 bits per heavy atom. The van der Waals surface area contributed by atoms with E-state index >= 15 is 0 Å². The van der Waals surface area contributed by atoms with E-state index < -0.39 is 0 Å². The Morgan fingerprint density at radius 3 is 2.82 bits per heavy atom. The van der Waals surface area contributed by atoms with E-state index in [1.54, 1.807) is 18.6 Å². The van der Waals surface area contributed by atoms with Crippen LogP contribution in [0.2, 0.25) is 5.02 Å². The Kier molecular flexibility index (Phi) is 3.67. The minimum atomic E-state index is 0.596. The van der Waals surface area contributed by atoms with Crippen LogP contribution in [0.25, 0.3) is 0 Å². The fourth-order valence-corrected chi connectivity index (χ4v) is 1.59. The summed E-state index contributed by atoms with van der Waals surface area (Å²) in [5.41, 5.74) is 4.51. The zero-order valence-corrected chi connectivity index (χ0v) is 10.0. The molecule has 0 bridgehead atoms. The first-order chi connectivity index (χ1) is 8.27. The highest BCUT2D eigenvalue weighted by molar-refractivity contribution is 6.34. The third-order valence-corrected chi connectivity index (χ3v) is 2.49. The summed E-state index contributed by atoms with van der Waals surface area (Å²) >= 11 is 6.06. The lowest BCUT2D eigenvalue weighted by Crippen LogP contribution is -2.01. The number of aromatic nitrogens is 2. The van der Waals surface area contributed by atoms with Crippen molar-refractivity contribution in [3.05, 3.63) is 53.4 Å². The van der Waals surface area contributed by atoms with Crippen LogP contribution in [-0.4, -0.2) is 15.7 Å². The minimum absolute atomic E-state index is 0.596. The zero-order chi connectivity index (χ0) is 12.1. The predicted octanol–water partition coefficient (Wildman–Crippen LogP) is 2.97. The Morgan fingerprint density at radius 2 is 2.12 bits per heavy atom. The van der Waals surface area contributed by atoms with Crippen LogP contribution >= 0.6 is 11.6 Å². The Balaban J connectivity index is 2.16. The molecule has 0 aliphatic heterocycles. The number of halogens is 1. The predicted molar refractivity (Wildman–Crippen MR) is 69.3 cm³/mol. The standard InChI is InChI=1S/C12H11ClN4/c1-9(10-4-2-3-5-11(10)13)16-17-12-8-14-6-7-15-12/h2-8H,1H3,(H,15,17)/b16-9-. The lowest BCUT2D eigenvalue weighted by Gasteiger charge is -2.04. The van der Waals surface area contributed by atoms with Crippen molar-refractivity contribution in [3.8, 4) is 0 Å². The van der Waals surface area contributed by atoms with Crippen molar-refractivity contribution >= 4 is 23.1 Å². The maximum atomic E-state index is 6.06. The highest BCUT2D eigenvalue weighted by atomic mass is 35.5. The minimum Gasteiger partial charge on any atom is -0.260 e. The van der Waals surface area contributed by atoms with Gasteiger partial charge in [-0.05, 0) is 13.0 Å².